The third kappa shape index (κ3) is 3.01. The van der Waals surface area contributed by atoms with E-state index in [-0.39, 0.29) is 5.41 Å². The Hall–Kier alpha value is -1.30. The Morgan fingerprint density at radius 2 is 2.17 bits per heavy atom. The topological polar surface area (TPSA) is 41.1 Å². The van der Waals surface area contributed by atoms with Gasteiger partial charge in [-0.15, -0.1) is 11.3 Å². The normalized spacial score (nSPS) is 20.5. The fourth-order valence-corrected chi connectivity index (χ4v) is 5.11. The van der Waals surface area contributed by atoms with Gasteiger partial charge in [-0.3, -0.25) is 9.88 Å². The van der Waals surface area contributed by atoms with Crippen LogP contribution in [0.5, 0.6) is 0 Å². The predicted octanol–water partition coefficient (Wildman–Crippen LogP) is 3.30. The van der Waals surface area contributed by atoms with E-state index in [0.29, 0.717) is 5.92 Å². The number of hydrogen-bond donors (Lipinski definition) is 1. The Morgan fingerprint density at radius 3 is 2.88 bits per heavy atom. The molecule has 0 amide bonds. The van der Waals surface area contributed by atoms with Gasteiger partial charge < -0.3 is 5.32 Å². The maximum Gasteiger partial charge on any atom is 0.0957 e. The second-order valence-electron chi connectivity index (χ2n) is 7.50. The molecule has 4 rings (SSSR count). The molecule has 0 radical (unpaired) electrons. The zero-order valence-electron chi connectivity index (χ0n) is 14.6. The number of rotatable bonds is 3. The minimum Gasteiger partial charge on any atom is -0.311 e. The monoisotopic (exact) mass is 342 g/mol. The first-order valence-corrected chi connectivity index (χ1v) is 9.80. The molecule has 2 aromatic heterocycles. The van der Waals surface area contributed by atoms with Crippen molar-refractivity contribution in [2.24, 2.45) is 0 Å². The average Bonchev–Trinajstić information content (AvgIpc) is 3.04. The summed E-state index contributed by atoms with van der Waals surface area (Å²) in [5, 5.41) is 4.97. The summed E-state index contributed by atoms with van der Waals surface area (Å²) in [6.07, 6.45) is 6.24. The summed E-state index contributed by atoms with van der Waals surface area (Å²) in [5.41, 5.74) is 2.98. The number of hydrogen-bond acceptors (Lipinski definition) is 5. The van der Waals surface area contributed by atoms with Gasteiger partial charge in [0.15, 0.2) is 0 Å². The molecule has 1 saturated heterocycles. The maximum absolute atomic E-state index is 5.09. The molecule has 1 fully saturated rings. The Kier molecular flexibility index (Phi) is 4.41. The van der Waals surface area contributed by atoms with Gasteiger partial charge in [0.1, 0.15) is 0 Å². The number of likely N-dealkylation sites (tertiary alicyclic amines) is 1. The zero-order valence-corrected chi connectivity index (χ0v) is 15.4. The number of nitrogens with zero attached hydrogens (tertiary/aromatic N) is 3. The number of thiazole rings is 1. The van der Waals surface area contributed by atoms with Gasteiger partial charge >= 0.3 is 0 Å². The number of piperidine rings is 1. The third-order valence-electron chi connectivity index (χ3n) is 5.40. The predicted molar refractivity (Wildman–Crippen MR) is 98.3 cm³/mol. The van der Waals surface area contributed by atoms with Crippen LogP contribution in [0, 0.1) is 0 Å². The molecular weight excluding hydrogens is 316 g/mol. The van der Waals surface area contributed by atoms with Crippen LogP contribution in [0.4, 0.5) is 0 Å². The molecule has 0 atom stereocenters. The maximum atomic E-state index is 5.09. The standard InChI is InChI=1S/C19H26N4S/c1-14(2)18-22-17-16(24-18)11-21-13-19(17)5-8-23(9-6-19)12-15-4-3-7-20-10-15/h3-4,7,10,14,21H,5-6,8-9,11-13H2,1-2H3. The second kappa shape index (κ2) is 6.54. The van der Waals surface area contributed by atoms with Crippen LogP contribution in [-0.4, -0.2) is 34.5 Å². The molecule has 2 aliphatic rings. The lowest BCUT2D eigenvalue weighted by molar-refractivity contribution is 0.142. The van der Waals surface area contributed by atoms with Gasteiger partial charge in [-0.05, 0) is 37.6 Å². The highest BCUT2D eigenvalue weighted by Crippen LogP contribution is 2.42. The van der Waals surface area contributed by atoms with Gasteiger partial charge in [-0.25, -0.2) is 4.98 Å². The molecular formula is C19H26N4S. The largest absolute Gasteiger partial charge is 0.311 e. The van der Waals surface area contributed by atoms with E-state index in [0.717, 1.165) is 32.7 Å². The van der Waals surface area contributed by atoms with E-state index in [1.165, 1.54) is 34.0 Å². The molecule has 128 valence electrons. The van der Waals surface area contributed by atoms with Crippen molar-refractivity contribution in [2.45, 2.75) is 51.1 Å². The van der Waals surface area contributed by atoms with Crippen molar-refractivity contribution < 1.29 is 0 Å². The summed E-state index contributed by atoms with van der Waals surface area (Å²) in [6.45, 7) is 9.89. The molecule has 2 aromatic rings. The number of aromatic nitrogens is 2. The van der Waals surface area contributed by atoms with E-state index in [4.69, 9.17) is 4.98 Å². The molecule has 1 N–H and O–H groups in total. The smallest absolute Gasteiger partial charge is 0.0957 e. The first-order chi connectivity index (χ1) is 11.7. The Balaban J connectivity index is 1.49. The molecule has 4 nitrogen and oxygen atoms in total. The van der Waals surface area contributed by atoms with Gasteiger partial charge in [0.25, 0.3) is 0 Å². The average molecular weight is 343 g/mol. The Morgan fingerprint density at radius 1 is 1.33 bits per heavy atom. The highest BCUT2D eigenvalue weighted by Gasteiger charge is 2.42. The number of fused-ring (bicyclic) bond motifs is 2. The van der Waals surface area contributed by atoms with Crippen molar-refractivity contribution in [3.63, 3.8) is 0 Å². The molecule has 2 aliphatic heterocycles. The summed E-state index contributed by atoms with van der Waals surface area (Å²) in [5.74, 6) is 0.531. The van der Waals surface area contributed by atoms with Gasteiger partial charge in [0, 0.05) is 48.2 Å². The quantitative estimate of drug-likeness (QED) is 0.929. The summed E-state index contributed by atoms with van der Waals surface area (Å²) >= 11 is 1.92. The minimum atomic E-state index is 0.253. The van der Waals surface area contributed by atoms with E-state index in [2.05, 4.69) is 35.1 Å². The third-order valence-corrected chi connectivity index (χ3v) is 6.76. The fraction of sp³-hybridized carbons (Fsp3) is 0.579. The van der Waals surface area contributed by atoms with Crippen LogP contribution in [0.25, 0.3) is 0 Å². The second-order valence-corrected chi connectivity index (χ2v) is 8.62. The van der Waals surface area contributed by atoms with Gasteiger partial charge in [-0.2, -0.15) is 0 Å². The van der Waals surface area contributed by atoms with E-state index in [9.17, 15) is 0 Å². The van der Waals surface area contributed by atoms with E-state index >= 15 is 0 Å². The van der Waals surface area contributed by atoms with Crippen LogP contribution < -0.4 is 5.32 Å². The Labute approximate surface area is 148 Å². The van der Waals surface area contributed by atoms with Crippen molar-refractivity contribution >= 4 is 11.3 Å². The van der Waals surface area contributed by atoms with Crippen LogP contribution in [-0.2, 0) is 18.5 Å². The molecule has 4 heterocycles. The van der Waals surface area contributed by atoms with Crippen molar-refractivity contribution in [3.05, 3.63) is 45.7 Å². The number of nitrogens with one attached hydrogen (secondary N) is 1. The minimum absolute atomic E-state index is 0.253. The zero-order chi connectivity index (χ0) is 16.6. The summed E-state index contributed by atoms with van der Waals surface area (Å²) in [6, 6.07) is 4.20. The van der Waals surface area contributed by atoms with Crippen LogP contribution in [0.1, 0.15) is 53.7 Å². The molecule has 24 heavy (non-hydrogen) atoms. The lowest BCUT2D eigenvalue weighted by atomic mass is 9.73. The lowest BCUT2D eigenvalue weighted by Gasteiger charge is -2.43. The van der Waals surface area contributed by atoms with Crippen LogP contribution >= 0.6 is 11.3 Å². The fourth-order valence-electron chi connectivity index (χ4n) is 3.95. The van der Waals surface area contributed by atoms with Crippen LogP contribution in [0.15, 0.2) is 24.5 Å². The van der Waals surface area contributed by atoms with E-state index in [1.807, 2.05) is 29.8 Å². The Bertz CT molecular complexity index is 687. The van der Waals surface area contributed by atoms with Crippen molar-refractivity contribution in [1.29, 1.82) is 0 Å². The molecule has 0 unspecified atom stereocenters. The molecule has 0 bridgehead atoms. The molecule has 0 saturated carbocycles. The van der Waals surface area contributed by atoms with Crippen LogP contribution in [0.3, 0.4) is 0 Å². The van der Waals surface area contributed by atoms with E-state index in [1.54, 1.807) is 0 Å². The van der Waals surface area contributed by atoms with Crippen LogP contribution in [0.2, 0.25) is 0 Å². The molecule has 1 spiro atoms. The molecule has 0 aromatic carbocycles. The van der Waals surface area contributed by atoms with Crippen molar-refractivity contribution in [2.75, 3.05) is 19.6 Å². The first kappa shape index (κ1) is 16.2. The van der Waals surface area contributed by atoms with Gasteiger partial charge in [-0.1, -0.05) is 19.9 Å². The van der Waals surface area contributed by atoms with Crippen molar-refractivity contribution in [3.8, 4) is 0 Å². The lowest BCUT2D eigenvalue weighted by Crippen LogP contribution is -2.50. The number of pyridine rings is 1. The summed E-state index contributed by atoms with van der Waals surface area (Å²) < 4.78 is 0. The molecule has 0 aliphatic carbocycles. The van der Waals surface area contributed by atoms with E-state index < -0.39 is 0 Å². The van der Waals surface area contributed by atoms with Gasteiger partial charge in [0.05, 0.1) is 10.7 Å². The summed E-state index contributed by atoms with van der Waals surface area (Å²) in [4.78, 5) is 13.4. The van der Waals surface area contributed by atoms with Crippen molar-refractivity contribution in [1.82, 2.24) is 20.2 Å². The van der Waals surface area contributed by atoms with Gasteiger partial charge in [0.2, 0.25) is 0 Å². The SMILES string of the molecule is CC(C)c1nc2c(s1)CNCC21CCN(Cc2cccnc2)CC1. The highest BCUT2D eigenvalue weighted by molar-refractivity contribution is 7.11. The molecule has 5 heteroatoms. The highest BCUT2D eigenvalue weighted by atomic mass is 32.1. The summed E-state index contributed by atoms with van der Waals surface area (Å²) in [7, 11) is 0. The first-order valence-electron chi connectivity index (χ1n) is 8.98.